The Morgan fingerprint density at radius 2 is 2.23 bits per heavy atom. The summed E-state index contributed by atoms with van der Waals surface area (Å²) in [6.07, 6.45) is 0. The summed E-state index contributed by atoms with van der Waals surface area (Å²) >= 11 is 0. The Hall–Kier alpha value is -1.22. The van der Waals surface area contributed by atoms with E-state index < -0.39 is 0 Å². The van der Waals surface area contributed by atoms with Crippen molar-refractivity contribution in [1.82, 2.24) is 0 Å². The minimum Gasteiger partial charge on any atom is -0.397 e. The number of nitrogens with one attached hydrogen (secondary N) is 1. The zero-order valence-corrected chi connectivity index (χ0v) is 8.04. The second kappa shape index (κ2) is 4.14. The number of anilines is 2. The van der Waals surface area contributed by atoms with Crippen LogP contribution in [0.15, 0.2) is 18.2 Å². The van der Waals surface area contributed by atoms with Crippen LogP contribution in [0.2, 0.25) is 0 Å². The largest absolute Gasteiger partial charge is 0.397 e. The first-order valence-corrected chi connectivity index (χ1v) is 4.37. The summed E-state index contributed by atoms with van der Waals surface area (Å²) in [6.45, 7) is 4.00. The van der Waals surface area contributed by atoms with Gasteiger partial charge in [-0.2, -0.15) is 0 Å². The van der Waals surface area contributed by atoms with Crippen LogP contribution in [0.4, 0.5) is 11.4 Å². The van der Waals surface area contributed by atoms with E-state index in [-0.39, 0.29) is 12.6 Å². The molecule has 0 saturated heterocycles. The van der Waals surface area contributed by atoms with Crippen LogP contribution in [-0.4, -0.2) is 17.8 Å². The van der Waals surface area contributed by atoms with E-state index >= 15 is 0 Å². The maximum atomic E-state index is 8.84. The van der Waals surface area contributed by atoms with Gasteiger partial charge in [0.2, 0.25) is 0 Å². The van der Waals surface area contributed by atoms with Crippen molar-refractivity contribution < 1.29 is 5.11 Å². The van der Waals surface area contributed by atoms with Gasteiger partial charge < -0.3 is 16.2 Å². The molecular weight excluding hydrogens is 164 g/mol. The number of nitrogen functional groups attached to an aromatic ring is 1. The number of benzene rings is 1. The predicted molar refractivity (Wildman–Crippen MR) is 55.8 cm³/mol. The van der Waals surface area contributed by atoms with E-state index in [1.54, 1.807) is 0 Å². The molecule has 13 heavy (non-hydrogen) atoms. The highest BCUT2D eigenvalue weighted by atomic mass is 16.3. The minimum atomic E-state index is 0.0324. The second-order valence-electron chi connectivity index (χ2n) is 3.32. The Morgan fingerprint density at radius 3 is 2.77 bits per heavy atom. The number of aliphatic hydroxyl groups is 1. The topological polar surface area (TPSA) is 58.3 Å². The normalized spacial score (nSPS) is 12.5. The van der Waals surface area contributed by atoms with Crippen LogP contribution >= 0.6 is 0 Å². The average molecular weight is 180 g/mol. The molecule has 0 aliphatic carbocycles. The Bertz CT molecular complexity index is 286. The number of hydrogen-bond acceptors (Lipinski definition) is 3. The van der Waals surface area contributed by atoms with Crippen molar-refractivity contribution in [3.05, 3.63) is 23.8 Å². The summed E-state index contributed by atoms with van der Waals surface area (Å²) in [5.74, 6) is 0. The Morgan fingerprint density at radius 1 is 1.54 bits per heavy atom. The van der Waals surface area contributed by atoms with Crippen molar-refractivity contribution in [2.24, 2.45) is 0 Å². The first-order valence-electron chi connectivity index (χ1n) is 4.37. The first-order chi connectivity index (χ1) is 6.13. The van der Waals surface area contributed by atoms with Crippen LogP contribution in [0.3, 0.4) is 0 Å². The van der Waals surface area contributed by atoms with E-state index in [9.17, 15) is 0 Å². The van der Waals surface area contributed by atoms with Gasteiger partial charge in [-0.15, -0.1) is 0 Å². The third kappa shape index (κ3) is 2.63. The molecular formula is C10H16N2O. The minimum absolute atomic E-state index is 0.0324. The molecule has 0 amide bonds. The molecule has 0 heterocycles. The summed E-state index contributed by atoms with van der Waals surface area (Å²) in [5.41, 5.74) is 8.52. The number of nitrogens with two attached hydrogens (primary N) is 1. The fourth-order valence-electron chi connectivity index (χ4n) is 1.12. The average Bonchev–Trinajstić information content (AvgIpc) is 2.09. The number of aryl methyl sites for hydroxylation is 1. The molecule has 0 aliphatic heterocycles. The van der Waals surface area contributed by atoms with Gasteiger partial charge in [0.25, 0.3) is 0 Å². The van der Waals surface area contributed by atoms with Crippen LogP contribution in [0, 0.1) is 6.92 Å². The van der Waals surface area contributed by atoms with Crippen molar-refractivity contribution >= 4 is 11.4 Å². The lowest BCUT2D eigenvalue weighted by Gasteiger charge is -2.14. The van der Waals surface area contributed by atoms with Crippen molar-refractivity contribution in [3.8, 4) is 0 Å². The third-order valence-electron chi connectivity index (χ3n) is 1.88. The Kier molecular flexibility index (Phi) is 3.14. The van der Waals surface area contributed by atoms with E-state index in [4.69, 9.17) is 10.8 Å². The van der Waals surface area contributed by atoms with Crippen molar-refractivity contribution in [2.45, 2.75) is 19.9 Å². The van der Waals surface area contributed by atoms with Gasteiger partial charge >= 0.3 is 0 Å². The van der Waals surface area contributed by atoms with Gasteiger partial charge in [0.15, 0.2) is 0 Å². The van der Waals surface area contributed by atoms with E-state index in [0.29, 0.717) is 0 Å². The molecule has 0 bridgehead atoms. The Labute approximate surface area is 78.6 Å². The van der Waals surface area contributed by atoms with Crippen molar-refractivity contribution in [3.63, 3.8) is 0 Å². The molecule has 3 heteroatoms. The smallest absolute Gasteiger partial charge is 0.0630 e. The molecule has 0 saturated carbocycles. The molecule has 1 aromatic rings. The zero-order chi connectivity index (χ0) is 9.84. The van der Waals surface area contributed by atoms with E-state index in [2.05, 4.69) is 5.32 Å². The summed E-state index contributed by atoms with van der Waals surface area (Å²) in [4.78, 5) is 0. The highest BCUT2D eigenvalue weighted by Gasteiger charge is 2.02. The fourth-order valence-corrected chi connectivity index (χ4v) is 1.12. The van der Waals surface area contributed by atoms with Gasteiger partial charge in [-0.3, -0.25) is 0 Å². The number of aliphatic hydroxyl groups excluding tert-OH is 1. The quantitative estimate of drug-likeness (QED) is 0.616. The lowest BCUT2D eigenvalue weighted by molar-refractivity contribution is 0.281. The molecule has 0 spiro atoms. The van der Waals surface area contributed by atoms with Crippen LogP contribution < -0.4 is 11.1 Å². The van der Waals surface area contributed by atoms with Gasteiger partial charge in [0.1, 0.15) is 0 Å². The molecule has 0 aliphatic rings. The van der Waals surface area contributed by atoms with Gasteiger partial charge in [-0.25, -0.2) is 0 Å². The predicted octanol–water partition coefficient (Wildman–Crippen LogP) is 1.37. The molecule has 1 rings (SSSR count). The summed E-state index contributed by atoms with van der Waals surface area (Å²) < 4.78 is 0. The SMILES string of the molecule is Cc1ccc(N[C@@H](C)CO)c(N)c1. The molecule has 0 aromatic heterocycles. The third-order valence-corrected chi connectivity index (χ3v) is 1.88. The van der Waals surface area contributed by atoms with Crippen molar-refractivity contribution in [2.75, 3.05) is 17.7 Å². The van der Waals surface area contributed by atoms with Gasteiger partial charge in [-0.1, -0.05) is 6.07 Å². The van der Waals surface area contributed by atoms with Crippen LogP contribution in [0.25, 0.3) is 0 Å². The van der Waals surface area contributed by atoms with Crippen molar-refractivity contribution in [1.29, 1.82) is 0 Å². The summed E-state index contributed by atoms with van der Waals surface area (Å²) in [5, 5.41) is 12.0. The van der Waals surface area contributed by atoms with E-state index in [1.807, 2.05) is 32.0 Å². The molecule has 1 atom stereocenters. The zero-order valence-electron chi connectivity index (χ0n) is 8.04. The number of rotatable bonds is 3. The van der Waals surface area contributed by atoms with Gasteiger partial charge in [-0.05, 0) is 31.5 Å². The van der Waals surface area contributed by atoms with Gasteiger partial charge in [0.05, 0.1) is 18.0 Å². The first kappa shape index (κ1) is 9.86. The Balaban J connectivity index is 2.77. The molecule has 0 unspecified atom stereocenters. The maximum absolute atomic E-state index is 8.84. The lowest BCUT2D eigenvalue weighted by Crippen LogP contribution is -2.19. The molecule has 72 valence electrons. The summed E-state index contributed by atoms with van der Waals surface area (Å²) in [6, 6.07) is 5.86. The van der Waals surface area contributed by atoms with E-state index in [0.717, 1.165) is 16.9 Å². The molecule has 4 N–H and O–H groups in total. The summed E-state index contributed by atoms with van der Waals surface area (Å²) in [7, 11) is 0. The van der Waals surface area contributed by atoms with Crippen LogP contribution in [0.1, 0.15) is 12.5 Å². The second-order valence-corrected chi connectivity index (χ2v) is 3.32. The standard InChI is InChI=1S/C10H16N2O/c1-7-3-4-10(9(11)5-7)12-8(2)6-13/h3-5,8,12-13H,6,11H2,1-2H3/t8-/m0/s1. The van der Waals surface area contributed by atoms with Crippen LogP contribution in [0.5, 0.6) is 0 Å². The van der Waals surface area contributed by atoms with Crippen LogP contribution in [-0.2, 0) is 0 Å². The highest BCUT2D eigenvalue weighted by molar-refractivity contribution is 5.67. The molecule has 3 nitrogen and oxygen atoms in total. The maximum Gasteiger partial charge on any atom is 0.0630 e. The fraction of sp³-hybridized carbons (Fsp3) is 0.400. The monoisotopic (exact) mass is 180 g/mol. The molecule has 0 radical (unpaired) electrons. The lowest BCUT2D eigenvalue weighted by atomic mass is 10.2. The highest BCUT2D eigenvalue weighted by Crippen LogP contribution is 2.19. The van der Waals surface area contributed by atoms with Gasteiger partial charge in [0, 0.05) is 6.04 Å². The van der Waals surface area contributed by atoms with E-state index in [1.165, 1.54) is 0 Å². The number of hydrogen-bond donors (Lipinski definition) is 3. The molecule has 0 fully saturated rings. The molecule has 1 aromatic carbocycles.